The number of aliphatic carboxylic acids is 1. The molecule has 7 amide bonds. The van der Waals surface area contributed by atoms with Crippen molar-refractivity contribution in [2.24, 2.45) is 23.1 Å². The Kier molecular flexibility index (Phi) is 27.2. The van der Waals surface area contributed by atoms with Crippen LogP contribution in [0, 0.1) is 5.92 Å². The highest BCUT2D eigenvalue weighted by Crippen LogP contribution is 2.12. The topological polar surface area (TPSA) is 339 Å². The third kappa shape index (κ3) is 22.4. The molecule has 0 aliphatic carbocycles. The van der Waals surface area contributed by atoms with E-state index in [1.54, 1.807) is 60.7 Å². The van der Waals surface area contributed by atoms with Crippen LogP contribution in [0.1, 0.15) is 96.1 Å². The lowest BCUT2D eigenvalue weighted by molar-refractivity contribution is -0.142. The average molecular weight is 939 g/mol. The van der Waals surface area contributed by atoms with Crippen molar-refractivity contribution in [2.45, 2.75) is 140 Å². The lowest BCUT2D eigenvalue weighted by atomic mass is 10.0. The van der Waals surface area contributed by atoms with E-state index in [1.807, 2.05) is 13.8 Å². The maximum Gasteiger partial charge on any atom is 0.326 e. The van der Waals surface area contributed by atoms with E-state index in [1.165, 1.54) is 6.92 Å². The Morgan fingerprint density at radius 2 is 0.791 bits per heavy atom. The summed E-state index contributed by atoms with van der Waals surface area (Å²) in [5.74, 6) is -6.32. The molecule has 372 valence electrons. The van der Waals surface area contributed by atoms with Crippen molar-refractivity contribution >= 4 is 47.3 Å². The molecule has 67 heavy (non-hydrogen) atoms. The van der Waals surface area contributed by atoms with Crippen molar-refractivity contribution in [3.05, 3.63) is 71.8 Å². The SMILES string of the molecule is CC(=O)N[C@@H](CC(C)C)C(=O)N[C@@H](CCCCN)C(=O)N[C@@H](Cc1ccccc1)C(=O)N[C@@H](CO)C(=O)N[C@@H](CCCCN)C(=O)N[C@@H](CCCCN)C(=O)N[C@@H](Cc1ccccc1)C(=O)O. The summed E-state index contributed by atoms with van der Waals surface area (Å²) < 4.78 is 0. The molecule has 0 bridgehead atoms. The molecule has 0 unspecified atom stereocenters. The van der Waals surface area contributed by atoms with Gasteiger partial charge in [-0.2, -0.15) is 0 Å². The van der Waals surface area contributed by atoms with Crippen LogP contribution in [0.25, 0.3) is 0 Å². The summed E-state index contributed by atoms with van der Waals surface area (Å²) in [6.45, 7) is 5.05. The van der Waals surface area contributed by atoms with E-state index in [2.05, 4.69) is 37.2 Å². The van der Waals surface area contributed by atoms with Crippen LogP contribution in [-0.2, 0) is 51.2 Å². The number of amides is 7. The van der Waals surface area contributed by atoms with Crippen molar-refractivity contribution in [1.29, 1.82) is 0 Å². The van der Waals surface area contributed by atoms with Crippen LogP contribution in [0.2, 0.25) is 0 Å². The second-order valence-electron chi connectivity index (χ2n) is 17.0. The van der Waals surface area contributed by atoms with Crippen LogP contribution in [0.3, 0.4) is 0 Å². The lowest BCUT2D eigenvalue weighted by Gasteiger charge is -2.28. The molecule has 20 heteroatoms. The minimum atomic E-state index is -1.63. The number of nitrogens with two attached hydrogens (primary N) is 3. The Balaban J connectivity index is 2.36. The molecular weight excluding hydrogens is 865 g/mol. The van der Waals surface area contributed by atoms with Crippen molar-refractivity contribution in [3.8, 4) is 0 Å². The van der Waals surface area contributed by atoms with Crippen LogP contribution in [0.15, 0.2) is 60.7 Å². The van der Waals surface area contributed by atoms with Gasteiger partial charge in [-0.15, -0.1) is 0 Å². The van der Waals surface area contributed by atoms with Crippen molar-refractivity contribution < 1.29 is 48.6 Å². The van der Waals surface area contributed by atoms with Gasteiger partial charge in [-0.05, 0) is 101 Å². The zero-order chi connectivity index (χ0) is 49.7. The van der Waals surface area contributed by atoms with E-state index in [0.29, 0.717) is 69.2 Å². The van der Waals surface area contributed by atoms with Crippen molar-refractivity contribution in [3.63, 3.8) is 0 Å². The van der Waals surface area contributed by atoms with Crippen LogP contribution in [0.5, 0.6) is 0 Å². The number of hydrogen-bond acceptors (Lipinski definition) is 12. The van der Waals surface area contributed by atoms with Crippen LogP contribution >= 0.6 is 0 Å². The molecule has 0 aromatic heterocycles. The number of carbonyl (C=O) groups excluding carboxylic acids is 7. The standard InChI is InChI=1S/C47H74N10O10/c1-30(2)26-37(51-31(3)59)44(63)53-35(21-11-14-24-49)42(61)55-38(27-32-16-6-4-7-17-32)45(64)57-40(29-58)46(65)54-34(20-10-13-23-48)41(60)52-36(22-12-15-25-50)43(62)56-39(47(66)67)28-33-18-8-5-9-19-33/h4-9,16-19,30,34-40,58H,10-15,20-29,48-50H2,1-3H3,(H,51,59)(H,52,60)(H,53,63)(H,54,65)(H,55,61)(H,56,62)(H,57,64)(H,66,67)/t34-,35-,36-,37-,38-,39-,40-/m0/s1. The highest BCUT2D eigenvalue weighted by Gasteiger charge is 2.34. The number of unbranched alkanes of at least 4 members (excludes halogenated alkanes) is 3. The molecule has 0 saturated heterocycles. The second-order valence-corrected chi connectivity index (χ2v) is 17.0. The molecule has 0 spiro atoms. The Bertz CT molecular complexity index is 1860. The van der Waals surface area contributed by atoms with Crippen LogP contribution in [0.4, 0.5) is 0 Å². The predicted octanol–water partition coefficient (Wildman–Crippen LogP) is -0.605. The van der Waals surface area contributed by atoms with Gasteiger partial charge in [-0.3, -0.25) is 33.6 Å². The predicted molar refractivity (Wildman–Crippen MR) is 252 cm³/mol. The first kappa shape index (κ1) is 57.2. The van der Waals surface area contributed by atoms with Gasteiger partial charge in [0.25, 0.3) is 0 Å². The summed E-state index contributed by atoms with van der Waals surface area (Å²) in [6, 6.07) is 8.57. The Labute approximate surface area is 393 Å². The Morgan fingerprint density at radius 1 is 0.463 bits per heavy atom. The number of carboxylic acids is 1. The van der Waals surface area contributed by atoms with Gasteiger partial charge >= 0.3 is 5.97 Å². The van der Waals surface area contributed by atoms with Crippen LogP contribution in [-0.4, -0.2) is 126 Å². The van der Waals surface area contributed by atoms with E-state index < -0.39 is 96.2 Å². The number of hydrogen-bond donors (Lipinski definition) is 12. The fourth-order valence-corrected chi connectivity index (χ4v) is 7.17. The number of aliphatic hydroxyl groups is 1. The van der Waals surface area contributed by atoms with Gasteiger partial charge in [0.1, 0.15) is 42.3 Å². The lowest BCUT2D eigenvalue weighted by Crippen LogP contribution is -2.61. The third-order valence-electron chi connectivity index (χ3n) is 10.8. The average Bonchev–Trinajstić information content (AvgIpc) is 3.29. The summed E-state index contributed by atoms with van der Waals surface area (Å²) >= 11 is 0. The quantitative estimate of drug-likeness (QED) is 0.0398. The number of nitrogens with one attached hydrogen (secondary N) is 7. The van der Waals surface area contributed by atoms with E-state index in [-0.39, 0.29) is 44.6 Å². The van der Waals surface area contributed by atoms with Gasteiger partial charge in [0.2, 0.25) is 41.4 Å². The number of rotatable bonds is 33. The molecular formula is C47H74N10O10. The summed E-state index contributed by atoms with van der Waals surface area (Å²) in [7, 11) is 0. The van der Waals surface area contributed by atoms with Gasteiger partial charge in [0.05, 0.1) is 6.61 Å². The molecule has 2 aromatic rings. The molecule has 15 N–H and O–H groups in total. The number of benzene rings is 2. The highest BCUT2D eigenvalue weighted by atomic mass is 16.4. The maximum absolute atomic E-state index is 14.1. The molecule has 2 aromatic carbocycles. The first-order chi connectivity index (χ1) is 32.0. The first-order valence-electron chi connectivity index (χ1n) is 23.1. The molecule has 2 rings (SSSR count). The van der Waals surface area contributed by atoms with Gasteiger partial charge < -0.3 is 64.6 Å². The van der Waals surface area contributed by atoms with Gasteiger partial charge in [0, 0.05) is 19.8 Å². The van der Waals surface area contributed by atoms with E-state index in [9.17, 15) is 48.6 Å². The molecule has 0 heterocycles. The summed E-state index contributed by atoms with van der Waals surface area (Å²) in [6.07, 6.45) is 3.27. The number of carbonyl (C=O) groups is 8. The molecule has 0 radical (unpaired) electrons. The van der Waals surface area contributed by atoms with E-state index >= 15 is 0 Å². The minimum Gasteiger partial charge on any atom is -0.480 e. The van der Waals surface area contributed by atoms with Gasteiger partial charge in [-0.1, -0.05) is 74.5 Å². The molecule has 0 saturated carbocycles. The normalized spacial score (nSPS) is 14.2. The molecule has 0 fully saturated rings. The number of aliphatic hydroxyl groups excluding tert-OH is 1. The fourth-order valence-electron chi connectivity index (χ4n) is 7.17. The Morgan fingerprint density at radius 3 is 1.15 bits per heavy atom. The summed E-state index contributed by atoms with van der Waals surface area (Å²) in [5, 5.41) is 38.7. The summed E-state index contributed by atoms with van der Waals surface area (Å²) in [4.78, 5) is 107. The smallest absolute Gasteiger partial charge is 0.326 e. The zero-order valence-electron chi connectivity index (χ0n) is 39.1. The molecule has 20 nitrogen and oxygen atoms in total. The summed E-state index contributed by atoms with van der Waals surface area (Å²) in [5.41, 5.74) is 18.4. The monoisotopic (exact) mass is 939 g/mol. The maximum atomic E-state index is 14.1. The highest BCUT2D eigenvalue weighted by molar-refractivity contribution is 5.97. The molecule has 7 atom stereocenters. The van der Waals surface area contributed by atoms with Gasteiger partial charge in [0.15, 0.2) is 0 Å². The van der Waals surface area contributed by atoms with E-state index in [4.69, 9.17) is 17.2 Å². The number of carboxylic acid groups (broad SMARTS) is 1. The third-order valence-corrected chi connectivity index (χ3v) is 10.8. The fraction of sp³-hybridized carbons (Fsp3) is 0.574. The molecule has 0 aliphatic rings. The first-order valence-corrected chi connectivity index (χ1v) is 23.1. The Hall–Kier alpha value is -5.96. The van der Waals surface area contributed by atoms with Gasteiger partial charge in [-0.25, -0.2) is 4.79 Å². The minimum absolute atomic E-state index is 0.0158. The van der Waals surface area contributed by atoms with Crippen molar-refractivity contribution in [2.75, 3.05) is 26.2 Å². The second kappa shape index (κ2) is 31.9. The largest absolute Gasteiger partial charge is 0.480 e. The zero-order valence-corrected chi connectivity index (χ0v) is 39.1. The molecule has 0 aliphatic heterocycles. The van der Waals surface area contributed by atoms with E-state index in [0.717, 1.165) is 0 Å². The van der Waals surface area contributed by atoms with Crippen LogP contribution < -0.4 is 54.4 Å². The van der Waals surface area contributed by atoms with Crippen molar-refractivity contribution in [1.82, 2.24) is 37.2 Å².